The third kappa shape index (κ3) is 3.24. The van der Waals surface area contributed by atoms with Gasteiger partial charge in [-0.05, 0) is 24.6 Å². The van der Waals surface area contributed by atoms with Crippen LogP contribution in [-0.4, -0.2) is 46.1 Å². The third-order valence-corrected chi connectivity index (χ3v) is 6.93. The van der Waals surface area contributed by atoms with E-state index in [1.165, 1.54) is 27.7 Å². The van der Waals surface area contributed by atoms with Gasteiger partial charge in [-0.25, -0.2) is 18.9 Å². The summed E-state index contributed by atoms with van der Waals surface area (Å²) in [7, 11) is -1.24. The Kier molecular flexibility index (Phi) is 5.48. The number of anilines is 1. The van der Waals surface area contributed by atoms with Crippen LogP contribution in [0.4, 0.5) is 10.2 Å². The number of fused-ring (bicyclic) bond motifs is 2. The van der Waals surface area contributed by atoms with Crippen LogP contribution in [0, 0.1) is 5.82 Å². The van der Waals surface area contributed by atoms with Gasteiger partial charge in [-0.1, -0.05) is 18.2 Å². The lowest BCUT2D eigenvalue weighted by atomic mass is 10.0. The lowest BCUT2D eigenvalue weighted by Gasteiger charge is -2.42. The molecule has 0 radical (unpaired) electrons. The van der Waals surface area contributed by atoms with Crippen molar-refractivity contribution in [2.24, 2.45) is 0 Å². The first kappa shape index (κ1) is 22.3. The van der Waals surface area contributed by atoms with E-state index in [-0.39, 0.29) is 25.1 Å². The molecule has 1 N–H and O–H groups in total. The molecule has 12 heteroatoms. The molecule has 174 valence electrons. The van der Waals surface area contributed by atoms with Crippen LogP contribution < -0.4 is 10.5 Å². The average molecular weight is 498 g/mol. The van der Waals surface area contributed by atoms with Gasteiger partial charge in [-0.15, -0.1) is 0 Å². The van der Waals surface area contributed by atoms with Gasteiger partial charge < -0.3 is 9.88 Å². The lowest BCUT2D eigenvalue weighted by Crippen LogP contribution is -2.45. The second kappa shape index (κ2) is 8.37. The van der Waals surface area contributed by atoms with E-state index in [0.717, 1.165) is 6.42 Å². The molecule has 1 unspecified atom stereocenters. The maximum absolute atomic E-state index is 14.4. The minimum Gasteiger partial charge on any atom is -0.345 e. The number of benzene rings is 1. The van der Waals surface area contributed by atoms with Crippen molar-refractivity contribution in [3.63, 3.8) is 0 Å². The van der Waals surface area contributed by atoms with Gasteiger partial charge >= 0.3 is 0 Å². The molecule has 0 spiro atoms. The number of para-hydroxylation sites is 1. The van der Waals surface area contributed by atoms with E-state index in [1.54, 1.807) is 24.6 Å². The van der Waals surface area contributed by atoms with Crippen molar-refractivity contribution in [3.05, 3.63) is 77.1 Å². The maximum Gasteiger partial charge on any atom is 0.285 e. The lowest BCUT2D eigenvalue weighted by molar-refractivity contribution is 0.424. The monoisotopic (exact) mass is 497 g/mol. The summed E-state index contributed by atoms with van der Waals surface area (Å²) in [6.45, 7) is 0.667. The first-order valence-corrected chi connectivity index (χ1v) is 11.9. The zero-order chi connectivity index (χ0) is 22.7. The highest BCUT2D eigenvalue weighted by Crippen LogP contribution is 2.40. The van der Waals surface area contributed by atoms with Gasteiger partial charge in [0.1, 0.15) is 17.8 Å². The van der Waals surface area contributed by atoms with Crippen molar-refractivity contribution in [2.45, 2.75) is 17.4 Å². The van der Waals surface area contributed by atoms with E-state index in [9.17, 15) is 13.4 Å². The smallest absolute Gasteiger partial charge is 0.285 e. The predicted octanol–water partition coefficient (Wildman–Crippen LogP) is 2.70. The minimum atomic E-state index is -1.24. The summed E-state index contributed by atoms with van der Waals surface area (Å²) in [6.07, 6.45) is 6.90. The summed E-state index contributed by atoms with van der Waals surface area (Å²) in [5.41, 5.74) is 0.606. The summed E-state index contributed by atoms with van der Waals surface area (Å²) in [5.74, 6) is 0.478. The molecule has 1 aliphatic rings. The fourth-order valence-electron chi connectivity index (χ4n) is 4.36. The van der Waals surface area contributed by atoms with E-state index in [2.05, 4.69) is 20.1 Å². The molecular weight excluding hydrogens is 477 g/mol. The van der Waals surface area contributed by atoms with E-state index in [4.69, 9.17) is 0 Å². The molecule has 0 aliphatic carbocycles. The zero-order valence-corrected chi connectivity index (χ0v) is 19.8. The number of rotatable bonds is 4. The predicted molar refractivity (Wildman–Crippen MR) is 132 cm³/mol. The highest BCUT2D eigenvalue weighted by atomic mass is 32.2. The van der Waals surface area contributed by atoms with Crippen molar-refractivity contribution in [1.29, 1.82) is 0 Å². The van der Waals surface area contributed by atoms with Crippen molar-refractivity contribution in [1.82, 2.24) is 29.1 Å². The van der Waals surface area contributed by atoms with Gasteiger partial charge in [-0.2, -0.15) is 18.6 Å². The fraction of sp³-hybridized carbons (Fsp3) is 0.182. The molecule has 34 heavy (non-hydrogen) atoms. The van der Waals surface area contributed by atoms with Crippen LogP contribution in [0.1, 0.15) is 18.3 Å². The van der Waals surface area contributed by atoms with Crippen molar-refractivity contribution >= 4 is 46.7 Å². The summed E-state index contributed by atoms with van der Waals surface area (Å²) >= 11 is 0. The number of aromatic amines is 1. The quantitative estimate of drug-likeness (QED) is 0.410. The van der Waals surface area contributed by atoms with Crippen LogP contribution in [0.25, 0.3) is 22.2 Å². The molecule has 1 saturated heterocycles. The Hall–Kier alpha value is -3.51. The van der Waals surface area contributed by atoms with Gasteiger partial charge in [-0.3, -0.25) is 13.6 Å². The standard InChI is InChI=1S/C22H18FN7O2S.H2S/c1-33(32)16-11-24-19-17(16)21(26-12-25-19)28-9-8-15(28)20-27-29-10-7-14(23)18(29)22(31)30(20)13-5-3-2-4-6-13;/h2-7,10-12,15H,8-9H2,1H3,(H,24,25,26);1H2/t15-,33?;/m0./s1. The summed E-state index contributed by atoms with van der Waals surface area (Å²) < 4.78 is 29.5. The largest absolute Gasteiger partial charge is 0.345 e. The summed E-state index contributed by atoms with van der Waals surface area (Å²) in [4.78, 5) is 27.8. The second-order valence-corrected chi connectivity index (χ2v) is 9.17. The minimum absolute atomic E-state index is 0. The number of nitrogens with one attached hydrogen (secondary N) is 1. The second-order valence-electron chi connectivity index (χ2n) is 7.82. The summed E-state index contributed by atoms with van der Waals surface area (Å²) in [6, 6.07) is 10.0. The molecular formula is C22H20FN7O2S2. The van der Waals surface area contributed by atoms with Crippen LogP contribution in [0.3, 0.4) is 0 Å². The molecule has 0 saturated carbocycles. The number of nitrogens with zero attached hydrogens (tertiary/aromatic N) is 6. The van der Waals surface area contributed by atoms with Crippen LogP contribution in [0.2, 0.25) is 0 Å². The fourth-order valence-corrected chi connectivity index (χ4v) is 5.06. The van der Waals surface area contributed by atoms with Gasteiger partial charge in [0, 0.05) is 25.2 Å². The molecule has 5 aromatic rings. The van der Waals surface area contributed by atoms with E-state index in [1.807, 2.05) is 23.1 Å². The topological polar surface area (TPSA) is 101 Å². The molecule has 6 rings (SSSR count). The van der Waals surface area contributed by atoms with Gasteiger partial charge in [0.2, 0.25) is 0 Å². The Balaban J connectivity index is 0.00000241. The van der Waals surface area contributed by atoms with Crippen LogP contribution >= 0.6 is 13.5 Å². The van der Waals surface area contributed by atoms with Crippen LogP contribution in [0.15, 0.2) is 64.8 Å². The molecule has 1 aromatic carbocycles. The van der Waals surface area contributed by atoms with E-state index in [0.29, 0.717) is 39.8 Å². The van der Waals surface area contributed by atoms with Crippen LogP contribution in [-0.2, 0) is 10.8 Å². The normalized spacial score (nSPS) is 16.4. The maximum atomic E-state index is 14.4. The van der Waals surface area contributed by atoms with Crippen molar-refractivity contribution in [3.8, 4) is 5.69 Å². The highest BCUT2D eigenvalue weighted by molar-refractivity contribution is 7.84. The first-order valence-electron chi connectivity index (χ1n) is 10.3. The molecule has 5 heterocycles. The van der Waals surface area contributed by atoms with Crippen molar-refractivity contribution < 1.29 is 8.60 Å². The molecule has 0 amide bonds. The molecule has 2 atom stereocenters. The van der Waals surface area contributed by atoms with Gasteiger partial charge in [0.05, 0.1) is 32.8 Å². The number of hydrogen-bond donors (Lipinski definition) is 1. The number of aromatic nitrogens is 6. The molecule has 1 aliphatic heterocycles. The Labute approximate surface area is 202 Å². The summed E-state index contributed by atoms with van der Waals surface area (Å²) in [5, 5.41) is 5.33. The van der Waals surface area contributed by atoms with Crippen molar-refractivity contribution in [2.75, 3.05) is 17.7 Å². The number of hydrogen-bond acceptors (Lipinski definition) is 6. The van der Waals surface area contributed by atoms with E-state index >= 15 is 0 Å². The third-order valence-electron chi connectivity index (χ3n) is 5.99. The van der Waals surface area contributed by atoms with E-state index < -0.39 is 22.2 Å². The molecule has 0 bridgehead atoms. The number of H-pyrrole nitrogens is 1. The Morgan fingerprint density at radius 2 is 1.97 bits per heavy atom. The molecule has 1 fully saturated rings. The first-order chi connectivity index (χ1) is 16.0. The van der Waals surface area contributed by atoms with Gasteiger partial charge in [0.15, 0.2) is 17.2 Å². The highest BCUT2D eigenvalue weighted by Gasteiger charge is 2.37. The molecule has 4 aromatic heterocycles. The van der Waals surface area contributed by atoms with Crippen LogP contribution in [0.5, 0.6) is 0 Å². The zero-order valence-electron chi connectivity index (χ0n) is 18.0. The Morgan fingerprint density at radius 1 is 1.18 bits per heavy atom. The average Bonchev–Trinajstić information content (AvgIpc) is 3.38. The SMILES string of the molecule is CS(=O)c1c[nH]c2ncnc(N3CC[C@H]3c3nn4ccc(F)c4c(=O)n3-c3ccccc3)c12.S. The number of halogens is 1. The molecule has 9 nitrogen and oxygen atoms in total. The Bertz CT molecular complexity index is 1610. The van der Waals surface area contributed by atoms with Gasteiger partial charge in [0.25, 0.3) is 5.56 Å². The Morgan fingerprint density at radius 3 is 2.68 bits per heavy atom.